The topological polar surface area (TPSA) is 66.0 Å². The number of aromatic nitrogens is 2. The minimum Gasteiger partial charge on any atom is -0.476 e. The number of carboxylic acid groups (broad SMARTS) is 1. The molecular weight excluding hydrogens is 228 g/mol. The molecular formula is C14H16N2O2. The standard InChI is InChI=1S/C14H16N2O2/c1-9-5-3-4-6-11(9)7-8-12-13(14(17)18)16-10(2)15-12/h3-6H,7-8H2,1-2H3,(H,15,16)(H,17,18). The number of hydrogen-bond acceptors (Lipinski definition) is 2. The zero-order chi connectivity index (χ0) is 13.1. The Kier molecular flexibility index (Phi) is 3.46. The van der Waals surface area contributed by atoms with Crippen molar-refractivity contribution in [1.82, 2.24) is 9.97 Å². The summed E-state index contributed by atoms with van der Waals surface area (Å²) in [7, 11) is 0. The maximum absolute atomic E-state index is 11.0. The van der Waals surface area contributed by atoms with Gasteiger partial charge in [0.1, 0.15) is 5.82 Å². The first-order chi connectivity index (χ1) is 8.58. The van der Waals surface area contributed by atoms with Gasteiger partial charge in [0.2, 0.25) is 0 Å². The fourth-order valence-corrected chi connectivity index (χ4v) is 2.05. The third kappa shape index (κ3) is 2.59. The van der Waals surface area contributed by atoms with E-state index in [1.807, 2.05) is 12.1 Å². The Balaban J connectivity index is 2.16. The Morgan fingerprint density at radius 2 is 2.00 bits per heavy atom. The average Bonchev–Trinajstić information content (AvgIpc) is 2.70. The van der Waals surface area contributed by atoms with E-state index >= 15 is 0 Å². The van der Waals surface area contributed by atoms with Crippen LogP contribution in [0.5, 0.6) is 0 Å². The zero-order valence-electron chi connectivity index (χ0n) is 10.5. The summed E-state index contributed by atoms with van der Waals surface area (Å²) in [5, 5.41) is 9.05. The van der Waals surface area contributed by atoms with Crippen molar-refractivity contribution in [2.75, 3.05) is 0 Å². The van der Waals surface area contributed by atoms with Crippen molar-refractivity contribution in [3.05, 3.63) is 52.6 Å². The Bertz CT molecular complexity index is 573. The first kappa shape index (κ1) is 12.4. The summed E-state index contributed by atoms with van der Waals surface area (Å²) in [4.78, 5) is 18.0. The average molecular weight is 244 g/mol. The smallest absolute Gasteiger partial charge is 0.356 e. The van der Waals surface area contributed by atoms with Gasteiger partial charge in [0, 0.05) is 5.69 Å². The van der Waals surface area contributed by atoms with E-state index in [0.29, 0.717) is 17.9 Å². The Morgan fingerprint density at radius 3 is 2.67 bits per heavy atom. The van der Waals surface area contributed by atoms with Crippen LogP contribution in [0.3, 0.4) is 0 Å². The van der Waals surface area contributed by atoms with E-state index < -0.39 is 5.97 Å². The highest BCUT2D eigenvalue weighted by atomic mass is 16.4. The molecule has 0 saturated carbocycles. The first-order valence-electron chi connectivity index (χ1n) is 5.91. The van der Waals surface area contributed by atoms with Gasteiger partial charge in [-0.2, -0.15) is 0 Å². The molecule has 0 unspecified atom stereocenters. The number of benzene rings is 1. The van der Waals surface area contributed by atoms with Crippen molar-refractivity contribution >= 4 is 5.97 Å². The van der Waals surface area contributed by atoms with Crippen molar-refractivity contribution in [2.45, 2.75) is 26.7 Å². The fraction of sp³-hybridized carbons (Fsp3) is 0.286. The Hall–Kier alpha value is -2.10. The molecule has 1 aromatic heterocycles. The van der Waals surface area contributed by atoms with E-state index in [-0.39, 0.29) is 5.69 Å². The molecule has 0 saturated heterocycles. The highest BCUT2D eigenvalue weighted by Crippen LogP contribution is 2.13. The van der Waals surface area contributed by atoms with Gasteiger partial charge in [0.15, 0.2) is 5.69 Å². The summed E-state index contributed by atoms with van der Waals surface area (Å²) in [5.41, 5.74) is 3.30. The summed E-state index contributed by atoms with van der Waals surface area (Å²) in [6.45, 7) is 3.83. The predicted octanol–water partition coefficient (Wildman–Crippen LogP) is 2.51. The van der Waals surface area contributed by atoms with Crippen molar-refractivity contribution in [3.63, 3.8) is 0 Å². The normalized spacial score (nSPS) is 10.6. The van der Waals surface area contributed by atoms with Gasteiger partial charge < -0.3 is 10.1 Å². The number of rotatable bonds is 4. The summed E-state index contributed by atoms with van der Waals surface area (Å²) in [6, 6.07) is 8.13. The molecule has 0 fully saturated rings. The molecule has 2 rings (SSSR count). The molecule has 1 heterocycles. The van der Waals surface area contributed by atoms with Crippen molar-refractivity contribution < 1.29 is 9.90 Å². The maximum Gasteiger partial charge on any atom is 0.356 e. The predicted molar refractivity (Wildman–Crippen MR) is 68.9 cm³/mol. The monoisotopic (exact) mass is 244 g/mol. The second-order valence-corrected chi connectivity index (χ2v) is 4.38. The van der Waals surface area contributed by atoms with Gasteiger partial charge in [-0.1, -0.05) is 24.3 Å². The maximum atomic E-state index is 11.0. The largest absolute Gasteiger partial charge is 0.476 e. The second-order valence-electron chi connectivity index (χ2n) is 4.38. The molecule has 0 radical (unpaired) electrons. The van der Waals surface area contributed by atoms with Crippen LogP contribution >= 0.6 is 0 Å². The fourth-order valence-electron chi connectivity index (χ4n) is 2.05. The minimum atomic E-state index is -0.973. The SMILES string of the molecule is Cc1nc(C(=O)O)c(CCc2ccccc2C)[nH]1. The van der Waals surface area contributed by atoms with Gasteiger partial charge in [-0.15, -0.1) is 0 Å². The molecule has 0 amide bonds. The van der Waals surface area contributed by atoms with Crippen molar-refractivity contribution in [2.24, 2.45) is 0 Å². The number of carbonyl (C=O) groups is 1. The lowest BCUT2D eigenvalue weighted by Crippen LogP contribution is -2.03. The van der Waals surface area contributed by atoms with Gasteiger partial charge in [0.05, 0.1) is 0 Å². The molecule has 18 heavy (non-hydrogen) atoms. The quantitative estimate of drug-likeness (QED) is 0.868. The molecule has 0 spiro atoms. The molecule has 0 aliphatic heterocycles. The van der Waals surface area contributed by atoms with Gasteiger partial charge in [-0.25, -0.2) is 9.78 Å². The summed E-state index contributed by atoms with van der Waals surface area (Å²) in [6.07, 6.45) is 1.47. The molecule has 0 aliphatic rings. The number of hydrogen-bond donors (Lipinski definition) is 2. The van der Waals surface area contributed by atoms with Gasteiger partial charge >= 0.3 is 5.97 Å². The van der Waals surface area contributed by atoms with E-state index in [4.69, 9.17) is 5.11 Å². The summed E-state index contributed by atoms with van der Waals surface area (Å²) in [5.74, 6) is -0.327. The zero-order valence-corrected chi connectivity index (χ0v) is 10.5. The molecule has 4 heteroatoms. The lowest BCUT2D eigenvalue weighted by atomic mass is 10.0. The molecule has 0 atom stereocenters. The van der Waals surface area contributed by atoms with Crippen molar-refractivity contribution in [1.29, 1.82) is 0 Å². The van der Waals surface area contributed by atoms with Gasteiger partial charge in [0.25, 0.3) is 0 Å². The van der Waals surface area contributed by atoms with Crippen LogP contribution in [-0.4, -0.2) is 21.0 Å². The minimum absolute atomic E-state index is 0.140. The van der Waals surface area contributed by atoms with Crippen LogP contribution in [0.15, 0.2) is 24.3 Å². The van der Waals surface area contributed by atoms with Gasteiger partial charge in [-0.3, -0.25) is 0 Å². The number of carboxylic acids is 1. The third-order valence-corrected chi connectivity index (χ3v) is 3.01. The second kappa shape index (κ2) is 5.04. The molecule has 1 aromatic carbocycles. The van der Waals surface area contributed by atoms with Crippen LogP contribution in [0.2, 0.25) is 0 Å². The van der Waals surface area contributed by atoms with E-state index in [0.717, 1.165) is 6.42 Å². The number of nitrogens with one attached hydrogen (secondary N) is 1. The third-order valence-electron chi connectivity index (χ3n) is 3.01. The van der Waals surface area contributed by atoms with Crippen LogP contribution in [-0.2, 0) is 12.8 Å². The van der Waals surface area contributed by atoms with Crippen LogP contribution in [0.4, 0.5) is 0 Å². The number of aryl methyl sites for hydroxylation is 4. The van der Waals surface area contributed by atoms with Crippen LogP contribution in [0, 0.1) is 13.8 Å². The molecule has 4 nitrogen and oxygen atoms in total. The molecule has 2 N–H and O–H groups in total. The highest BCUT2D eigenvalue weighted by molar-refractivity contribution is 5.86. The lowest BCUT2D eigenvalue weighted by molar-refractivity contribution is 0.0689. The molecule has 0 bridgehead atoms. The number of aromatic carboxylic acids is 1. The number of nitrogens with zero attached hydrogens (tertiary/aromatic N) is 1. The number of H-pyrrole nitrogens is 1. The van der Waals surface area contributed by atoms with E-state index in [2.05, 4.69) is 29.0 Å². The van der Waals surface area contributed by atoms with E-state index in [1.165, 1.54) is 11.1 Å². The molecule has 0 aliphatic carbocycles. The van der Waals surface area contributed by atoms with Gasteiger partial charge in [-0.05, 0) is 37.8 Å². The summed E-state index contributed by atoms with van der Waals surface area (Å²) < 4.78 is 0. The number of aromatic amines is 1. The van der Waals surface area contributed by atoms with E-state index in [9.17, 15) is 4.79 Å². The number of imidazole rings is 1. The Morgan fingerprint density at radius 1 is 1.28 bits per heavy atom. The molecule has 2 aromatic rings. The first-order valence-corrected chi connectivity index (χ1v) is 5.91. The van der Waals surface area contributed by atoms with Crippen LogP contribution in [0.25, 0.3) is 0 Å². The summed E-state index contributed by atoms with van der Waals surface area (Å²) >= 11 is 0. The van der Waals surface area contributed by atoms with Crippen LogP contribution < -0.4 is 0 Å². The Labute approximate surface area is 106 Å². The van der Waals surface area contributed by atoms with Crippen LogP contribution in [0.1, 0.15) is 33.1 Å². The highest BCUT2D eigenvalue weighted by Gasteiger charge is 2.14. The lowest BCUT2D eigenvalue weighted by Gasteiger charge is -2.04. The molecule has 94 valence electrons. The van der Waals surface area contributed by atoms with E-state index in [1.54, 1.807) is 6.92 Å². The van der Waals surface area contributed by atoms with Crippen molar-refractivity contribution in [3.8, 4) is 0 Å².